The van der Waals surface area contributed by atoms with Gasteiger partial charge in [0.05, 0.1) is 0 Å². The number of piperazine rings is 1. The number of nitrogens with one attached hydrogen (secondary N) is 1. The molecule has 2 aromatic carbocycles. The Morgan fingerprint density at radius 3 is 2.14 bits per heavy atom. The summed E-state index contributed by atoms with van der Waals surface area (Å²) >= 11 is 5.97. The molecule has 0 amide bonds. The van der Waals surface area contributed by atoms with Crippen LogP contribution in [0.4, 0.5) is 5.69 Å². The Hall–Kier alpha value is -3.03. The summed E-state index contributed by atoms with van der Waals surface area (Å²) in [6.07, 6.45) is 0. The van der Waals surface area contributed by atoms with Crippen molar-refractivity contribution >= 4 is 40.1 Å². The zero-order valence-electron chi connectivity index (χ0n) is 15.7. The lowest BCUT2D eigenvalue weighted by molar-refractivity contribution is -0.159. The van der Waals surface area contributed by atoms with Gasteiger partial charge in [0.15, 0.2) is 0 Å². The molecule has 0 radical (unpaired) electrons. The van der Waals surface area contributed by atoms with E-state index in [0.29, 0.717) is 0 Å². The third-order valence-electron chi connectivity index (χ3n) is 4.73. The first-order valence-corrected chi connectivity index (χ1v) is 9.56. The monoisotopic (exact) mass is 415 g/mol. The number of para-hydroxylation sites is 1. The number of fused-ring (bicyclic) bond motifs is 1. The van der Waals surface area contributed by atoms with E-state index >= 15 is 0 Å². The van der Waals surface area contributed by atoms with E-state index in [1.54, 1.807) is 0 Å². The van der Waals surface area contributed by atoms with Gasteiger partial charge in [-0.15, -0.1) is 0 Å². The maximum Gasteiger partial charge on any atom is 0.414 e. The summed E-state index contributed by atoms with van der Waals surface area (Å²) in [6.45, 7) is 5.27. The molecule has 0 atom stereocenters. The third-order valence-corrected chi connectivity index (χ3v) is 4.98. The number of H-pyrrole nitrogens is 1. The third kappa shape index (κ3) is 5.73. The minimum absolute atomic E-state index is 0.797. The summed E-state index contributed by atoms with van der Waals surface area (Å²) in [6, 6.07) is 18.9. The Morgan fingerprint density at radius 1 is 0.931 bits per heavy atom. The minimum Gasteiger partial charge on any atom is -0.473 e. The van der Waals surface area contributed by atoms with E-state index in [-0.39, 0.29) is 0 Å². The minimum atomic E-state index is -1.82. The largest absolute Gasteiger partial charge is 0.473 e. The molecule has 3 N–H and O–H groups in total. The Bertz CT molecular complexity index is 934. The molecule has 1 fully saturated rings. The number of halogens is 1. The first-order valence-electron chi connectivity index (χ1n) is 9.18. The molecule has 1 aromatic heterocycles. The molecule has 0 saturated carbocycles. The number of benzene rings is 2. The van der Waals surface area contributed by atoms with Gasteiger partial charge in [-0.05, 0) is 41.8 Å². The first-order chi connectivity index (χ1) is 13.9. The zero-order valence-corrected chi connectivity index (χ0v) is 16.5. The van der Waals surface area contributed by atoms with Gasteiger partial charge in [0.25, 0.3) is 0 Å². The smallest absolute Gasteiger partial charge is 0.414 e. The first kappa shape index (κ1) is 20.7. The molecular weight excluding hydrogens is 394 g/mol. The van der Waals surface area contributed by atoms with Gasteiger partial charge in [-0.25, -0.2) is 9.59 Å². The highest BCUT2D eigenvalue weighted by molar-refractivity contribution is 6.30. The number of carboxylic acids is 2. The van der Waals surface area contributed by atoms with Crippen LogP contribution in [0.1, 0.15) is 5.69 Å². The zero-order chi connectivity index (χ0) is 20.8. The molecule has 152 valence electrons. The highest BCUT2D eigenvalue weighted by Gasteiger charge is 2.17. The summed E-state index contributed by atoms with van der Waals surface area (Å²) in [4.78, 5) is 26.7. The van der Waals surface area contributed by atoms with Crippen LogP contribution in [0.25, 0.3) is 10.9 Å². The second kappa shape index (κ2) is 9.45. The molecule has 8 heteroatoms. The lowest BCUT2D eigenvalue weighted by Crippen LogP contribution is -2.46. The van der Waals surface area contributed by atoms with E-state index in [4.69, 9.17) is 31.4 Å². The van der Waals surface area contributed by atoms with E-state index in [1.165, 1.54) is 22.3 Å². The van der Waals surface area contributed by atoms with Crippen molar-refractivity contribution in [1.82, 2.24) is 9.88 Å². The maximum absolute atomic E-state index is 9.10. The Labute approximate surface area is 173 Å². The van der Waals surface area contributed by atoms with Crippen molar-refractivity contribution in [1.29, 1.82) is 0 Å². The molecule has 3 aromatic rings. The van der Waals surface area contributed by atoms with Gasteiger partial charge >= 0.3 is 11.9 Å². The van der Waals surface area contributed by atoms with E-state index in [1.807, 2.05) is 12.1 Å². The number of aromatic nitrogens is 1. The predicted octanol–water partition coefficient (Wildman–Crippen LogP) is 3.30. The number of nitrogens with zero attached hydrogens (tertiary/aromatic N) is 2. The molecule has 0 unspecified atom stereocenters. The van der Waals surface area contributed by atoms with E-state index in [2.05, 4.69) is 57.2 Å². The van der Waals surface area contributed by atoms with Crippen LogP contribution in [0.5, 0.6) is 0 Å². The van der Waals surface area contributed by atoms with Crippen molar-refractivity contribution in [2.75, 3.05) is 31.1 Å². The number of carbonyl (C=O) groups is 2. The topological polar surface area (TPSA) is 96.9 Å². The van der Waals surface area contributed by atoms with Gasteiger partial charge in [-0.1, -0.05) is 29.8 Å². The molecule has 0 bridgehead atoms. The molecule has 1 saturated heterocycles. The number of hydrogen-bond acceptors (Lipinski definition) is 4. The Kier molecular flexibility index (Phi) is 6.74. The number of anilines is 1. The van der Waals surface area contributed by atoms with Crippen LogP contribution in [-0.2, 0) is 16.1 Å². The fourth-order valence-electron chi connectivity index (χ4n) is 3.28. The van der Waals surface area contributed by atoms with E-state index < -0.39 is 11.9 Å². The molecular formula is C21H22ClN3O4. The Balaban J connectivity index is 0.000000353. The Morgan fingerprint density at radius 2 is 1.55 bits per heavy atom. The molecule has 1 aliphatic heterocycles. The molecule has 1 aliphatic rings. The second-order valence-corrected chi connectivity index (χ2v) is 7.17. The fraction of sp³-hybridized carbons (Fsp3) is 0.238. The van der Waals surface area contributed by atoms with Gasteiger partial charge in [-0.2, -0.15) is 0 Å². The van der Waals surface area contributed by atoms with Crippen LogP contribution in [0.3, 0.4) is 0 Å². The summed E-state index contributed by atoms with van der Waals surface area (Å²) in [5, 5.41) is 16.9. The standard InChI is InChI=1S/C19H20ClN3.C2H2O4/c20-16-5-7-18(8-6-16)23-11-9-22(10-12-23)14-17-13-15-3-1-2-4-19(15)21-17;3-1(4)2(5)6/h1-8,13,21H,9-12,14H2;(H,3,4)(H,5,6). The van der Waals surface area contributed by atoms with Crippen LogP contribution < -0.4 is 4.90 Å². The SMILES string of the molecule is Clc1ccc(N2CCN(Cc3cc4ccccc4[nH]3)CC2)cc1.O=C(O)C(=O)O. The lowest BCUT2D eigenvalue weighted by Gasteiger charge is -2.36. The van der Waals surface area contributed by atoms with Crippen LogP contribution in [-0.4, -0.2) is 58.2 Å². The number of hydrogen-bond donors (Lipinski definition) is 3. The van der Waals surface area contributed by atoms with Crippen molar-refractivity contribution in [2.45, 2.75) is 6.54 Å². The molecule has 4 rings (SSSR count). The quantitative estimate of drug-likeness (QED) is 0.568. The number of rotatable bonds is 3. The van der Waals surface area contributed by atoms with Gasteiger partial charge < -0.3 is 20.1 Å². The molecule has 29 heavy (non-hydrogen) atoms. The number of carboxylic acid groups (broad SMARTS) is 2. The molecule has 7 nitrogen and oxygen atoms in total. The van der Waals surface area contributed by atoms with Crippen LogP contribution in [0.2, 0.25) is 5.02 Å². The summed E-state index contributed by atoms with van der Waals surface area (Å²) in [5.74, 6) is -3.65. The average molecular weight is 416 g/mol. The van der Waals surface area contributed by atoms with Crippen molar-refractivity contribution < 1.29 is 19.8 Å². The molecule has 2 heterocycles. The van der Waals surface area contributed by atoms with Crippen LogP contribution >= 0.6 is 11.6 Å². The number of aromatic amines is 1. The van der Waals surface area contributed by atoms with Crippen molar-refractivity contribution in [3.05, 3.63) is 65.3 Å². The highest BCUT2D eigenvalue weighted by Crippen LogP contribution is 2.21. The fourth-order valence-corrected chi connectivity index (χ4v) is 3.40. The lowest BCUT2D eigenvalue weighted by atomic mass is 10.2. The molecule has 0 spiro atoms. The van der Waals surface area contributed by atoms with Gasteiger partial charge in [0.1, 0.15) is 0 Å². The average Bonchev–Trinajstić information content (AvgIpc) is 3.12. The van der Waals surface area contributed by atoms with Crippen LogP contribution in [0.15, 0.2) is 54.6 Å². The van der Waals surface area contributed by atoms with Gasteiger partial charge in [0, 0.05) is 54.6 Å². The normalized spacial score (nSPS) is 14.3. The van der Waals surface area contributed by atoms with Crippen molar-refractivity contribution in [3.8, 4) is 0 Å². The molecule has 0 aliphatic carbocycles. The van der Waals surface area contributed by atoms with E-state index in [0.717, 1.165) is 37.7 Å². The summed E-state index contributed by atoms with van der Waals surface area (Å²) < 4.78 is 0. The van der Waals surface area contributed by atoms with Gasteiger partial charge in [0.2, 0.25) is 0 Å². The predicted molar refractivity (Wildman–Crippen MR) is 113 cm³/mol. The highest BCUT2D eigenvalue weighted by atomic mass is 35.5. The van der Waals surface area contributed by atoms with Gasteiger partial charge in [-0.3, -0.25) is 4.90 Å². The number of aliphatic carboxylic acids is 2. The maximum atomic E-state index is 9.10. The second-order valence-electron chi connectivity index (χ2n) is 6.73. The summed E-state index contributed by atoms with van der Waals surface area (Å²) in [5.41, 5.74) is 3.79. The summed E-state index contributed by atoms with van der Waals surface area (Å²) in [7, 11) is 0. The van der Waals surface area contributed by atoms with Crippen molar-refractivity contribution in [3.63, 3.8) is 0 Å². The van der Waals surface area contributed by atoms with E-state index in [9.17, 15) is 0 Å². The van der Waals surface area contributed by atoms with Crippen LogP contribution in [0, 0.1) is 0 Å². The van der Waals surface area contributed by atoms with Crippen molar-refractivity contribution in [2.24, 2.45) is 0 Å².